The maximum absolute atomic E-state index is 13.0. The Morgan fingerprint density at radius 2 is 1.74 bits per heavy atom. The second kappa shape index (κ2) is 8.68. The van der Waals surface area contributed by atoms with Crippen molar-refractivity contribution in [2.24, 2.45) is 0 Å². The number of halogens is 5. The van der Waals surface area contributed by atoms with Crippen molar-refractivity contribution in [2.45, 2.75) is 16.8 Å². The molecular formula is C18H11F5N2OS. The molecule has 0 atom stereocenters. The Balaban J connectivity index is 2.22. The number of nitrogens with one attached hydrogen (secondary N) is 1. The summed E-state index contributed by atoms with van der Waals surface area (Å²) in [5.74, 6) is -3.50. The van der Waals surface area contributed by atoms with Crippen LogP contribution in [-0.2, 0) is 11.0 Å². The smallest absolute Gasteiger partial charge is 0.321 e. The number of alkyl halides is 5. The van der Waals surface area contributed by atoms with Crippen molar-refractivity contribution in [3.05, 3.63) is 65.2 Å². The highest BCUT2D eigenvalue weighted by molar-refractivity contribution is 7.99. The highest BCUT2D eigenvalue weighted by Gasteiger charge is 2.32. The van der Waals surface area contributed by atoms with Crippen LogP contribution < -0.4 is 5.32 Å². The summed E-state index contributed by atoms with van der Waals surface area (Å²) in [4.78, 5) is 12.4. The predicted octanol–water partition coefficient (Wildman–Crippen LogP) is 5.57. The quantitative estimate of drug-likeness (QED) is 0.310. The van der Waals surface area contributed by atoms with Crippen molar-refractivity contribution in [1.29, 1.82) is 5.26 Å². The molecule has 0 saturated carbocycles. The van der Waals surface area contributed by atoms with Crippen molar-refractivity contribution in [1.82, 2.24) is 0 Å². The molecular weight excluding hydrogens is 387 g/mol. The topological polar surface area (TPSA) is 52.9 Å². The Kier molecular flexibility index (Phi) is 6.58. The van der Waals surface area contributed by atoms with Gasteiger partial charge in [-0.05, 0) is 42.0 Å². The summed E-state index contributed by atoms with van der Waals surface area (Å²) in [6.45, 7) is 0. The second-order valence-electron chi connectivity index (χ2n) is 5.11. The summed E-state index contributed by atoms with van der Waals surface area (Å²) in [5.41, 5.74) is -1.61. The molecule has 0 bridgehead atoms. The first kappa shape index (κ1) is 20.5. The van der Waals surface area contributed by atoms with Crippen LogP contribution in [0.3, 0.4) is 0 Å². The Morgan fingerprint density at radius 3 is 2.30 bits per heavy atom. The third-order valence-electron chi connectivity index (χ3n) is 3.27. The molecule has 0 aliphatic carbocycles. The molecule has 1 amide bonds. The van der Waals surface area contributed by atoms with Crippen molar-refractivity contribution in [2.75, 3.05) is 5.32 Å². The molecule has 0 saturated heterocycles. The minimum Gasteiger partial charge on any atom is -0.321 e. The fourth-order valence-corrected chi connectivity index (χ4v) is 2.60. The monoisotopic (exact) mass is 398 g/mol. The Hall–Kier alpha value is -2.86. The molecule has 3 nitrogen and oxygen atoms in total. The first-order valence-electron chi connectivity index (χ1n) is 7.35. The molecule has 0 spiro atoms. The number of nitrogens with zero attached hydrogens (tertiary/aromatic N) is 1. The van der Waals surface area contributed by atoms with Gasteiger partial charge >= 0.3 is 6.18 Å². The van der Waals surface area contributed by atoms with Gasteiger partial charge in [0.1, 0.15) is 11.6 Å². The predicted molar refractivity (Wildman–Crippen MR) is 92.0 cm³/mol. The number of hydrogen-bond donors (Lipinski definition) is 1. The van der Waals surface area contributed by atoms with E-state index in [1.54, 1.807) is 6.07 Å². The van der Waals surface area contributed by atoms with Crippen LogP contribution in [-0.4, -0.2) is 11.7 Å². The van der Waals surface area contributed by atoms with Gasteiger partial charge in [0.05, 0.1) is 5.56 Å². The van der Waals surface area contributed by atoms with Gasteiger partial charge < -0.3 is 5.32 Å². The lowest BCUT2D eigenvalue weighted by atomic mass is 10.0. The first-order valence-corrected chi connectivity index (χ1v) is 8.23. The molecule has 140 valence electrons. The van der Waals surface area contributed by atoms with Crippen LogP contribution >= 0.6 is 11.8 Å². The van der Waals surface area contributed by atoms with Crippen molar-refractivity contribution < 1.29 is 26.7 Å². The highest BCUT2D eigenvalue weighted by Crippen LogP contribution is 2.33. The number of hydrogen-bond acceptors (Lipinski definition) is 3. The third-order valence-corrected chi connectivity index (χ3v) is 3.99. The lowest BCUT2D eigenvalue weighted by Gasteiger charge is -2.10. The number of nitriles is 1. The van der Waals surface area contributed by atoms with Crippen molar-refractivity contribution >= 4 is 29.4 Å². The number of benzene rings is 2. The Labute approximate surface area is 155 Å². The van der Waals surface area contributed by atoms with Gasteiger partial charge in [-0.25, -0.2) is 0 Å². The summed E-state index contributed by atoms with van der Waals surface area (Å²) in [6.07, 6.45) is -3.79. The molecule has 0 aliphatic rings. The van der Waals surface area contributed by atoms with Gasteiger partial charge in [0.25, 0.3) is 11.7 Å². The molecule has 27 heavy (non-hydrogen) atoms. The van der Waals surface area contributed by atoms with Gasteiger partial charge in [0.15, 0.2) is 0 Å². The summed E-state index contributed by atoms with van der Waals surface area (Å²) < 4.78 is 63.6. The lowest BCUT2D eigenvalue weighted by molar-refractivity contribution is -0.137. The van der Waals surface area contributed by atoms with Gasteiger partial charge in [0.2, 0.25) is 0 Å². The first-order chi connectivity index (χ1) is 12.7. The zero-order valence-corrected chi connectivity index (χ0v) is 14.2. The summed E-state index contributed by atoms with van der Waals surface area (Å²) in [7, 11) is 0. The van der Waals surface area contributed by atoms with E-state index in [0.29, 0.717) is 11.8 Å². The van der Waals surface area contributed by atoms with E-state index in [2.05, 4.69) is 5.32 Å². The molecule has 1 N–H and O–H groups in total. The average Bonchev–Trinajstić information content (AvgIpc) is 2.60. The fourth-order valence-electron chi connectivity index (χ4n) is 2.10. The van der Waals surface area contributed by atoms with Crippen LogP contribution in [0.1, 0.15) is 11.1 Å². The Morgan fingerprint density at radius 1 is 1.11 bits per heavy atom. The van der Waals surface area contributed by atoms with Crippen LogP contribution in [0, 0.1) is 11.3 Å². The van der Waals surface area contributed by atoms with Gasteiger partial charge in [0, 0.05) is 10.6 Å². The third kappa shape index (κ3) is 5.82. The van der Waals surface area contributed by atoms with Crippen molar-refractivity contribution in [3.8, 4) is 6.07 Å². The van der Waals surface area contributed by atoms with E-state index in [1.807, 2.05) is 0 Å². The van der Waals surface area contributed by atoms with E-state index >= 15 is 0 Å². The molecule has 2 aromatic rings. The van der Waals surface area contributed by atoms with Crippen LogP contribution in [0.15, 0.2) is 59.0 Å². The van der Waals surface area contributed by atoms with Crippen LogP contribution in [0.5, 0.6) is 0 Å². The van der Waals surface area contributed by atoms with E-state index in [4.69, 9.17) is 5.26 Å². The average molecular weight is 398 g/mol. The summed E-state index contributed by atoms with van der Waals surface area (Å²) in [6, 6.07) is 11.5. The fraction of sp³-hybridized carbons (Fsp3) is 0.111. The maximum atomic E-state index is 13.0. The number of amides is 1. The van der Waals surface area contributed by atoms with Gasteiger partial charge in [-0.15, -0.1) is 0 Å². The molecule has 2 aromatic carbocycles. The normalized spacial score (nSPS) is 12.0. The lowest BCUT2D eigenvalue weighted by Crippen LogP contribution is -2.14. The van der Waals surface area contributed by atoms with Crippen molar-refractivity contribution in [3.63, 3.8) is 0 Å². The number of thioether (sulfide) groups is 1. The van der Waals surface area contributed by atoms with Crippen LogP contribution in [0.25, 0.3) is 6.08 Å². The molecule has 0 radical (unpaired) electrons. The number of anilines is 1. The van der Waals surface area contributed by atoms with Gasteiger partial charge in [-0.1, -0.05) is 30.0 Å². The molecule has 0 unspecified atom stereocenters. The van der Waals surface area contributed by atoms with E-state index in [9.17, 15) is 26.7 Å². The molecule has 0 heterocycles. The zero-order chi connectivity index (χ0) is 20.0. The number of carbonyl (C=O) groups is 1. The minimum absolute atomic E-state index is 0.212. The van der Waals surface area contributed by atoms with Gasteiger partial charge in [-0.3, -0.25) is 4.79 Å². The second-order valence-corrected chi connectivity index (χ2v) is 6.18. The molecule has 0 aliphatic heterocycles. The van der Waals surface area contributed by atoms with E-state index in [-0.39, 0.29) is 16.1 Å². The molecule has 0 fully saturated rings. The minimum atomic E-state index is -4.64. The largest absolute Gasteiger partial charge is 0.416 e. The zero-order valence-electron chi connectivity index (χ0n) is 13.4. The number of carbonyl (C=O) groups excluding carboxylic acids is 1. The Bertz CT molecular complexity index is 886. The summed E-state index contributed by atoms with van der Waals surface area (Å²) >= 11 is 0.326. The molecule has 9 heteroatoms. The molecule has 0 aromatic heterocycles. The van der Waals surface area contributed by atoms with E-state index < -0.39 is 29.0 Å². The van der Waals surface area contributed by atoms with Crippen LogP contribution in [0.4, 0.5) is 27.6 Å². The standard InChI is InChI=1S/C18H11F5N2OS/c19-17(20)27-14-7-5-13(6-8-14)25-16(26)12(10-24)9-11-3-1-2-4-15(11)18(21,22)23/h1-9,17H,(H,25,26). The maximum Gasteiger partial charge on any atom is 0.416 e. The van der Waals surface area contributed by atoms with Crippen LogP contribution in [0.2, 0.25) is 0 Å². The molecule has 2 rings (SSSR count). The van der Waals surface area contributed by atoms with E-state index in [0.717, 1.165) is 18.2 Å². The van der Waals surface area contributed by atoms with Gasteiger partial charge in [-0.2, -0.15) is 27.2 Å². The SMILES string of the molecule is N#CC(=Cc1ccccc1C(F)(F)F)C(=O)Nc1ccc(SC(F)F)cc1. The number of rotatable bonds is 5. The van der Waals surface area contributed by atoms with E-state index in [1.165, 1.54) is 36.4 Å². The highest BCUT2D eigenvalue weighted by atomic mass is 32.2. The summed E-state index contributed by atoms with van der Waals surface area (Å²) in [5, 5.41) is 11.5.